The Morgan fingerprint density at radius 3 is 2.67 bits per heavy atom. The molecule has 1 aliphatic rings. The van der Waals surface area contributed by atoms with Crippen LogP contribution < -0.4 is 4.90 Å². The second kappa shape index (κ2) is 8.50. The molecule has 5 nitrogen and oxygen atoms in total. The number of carbonyl (C=O) groups excluding carboxylic acids is 1. The van der Waals surface area contributed by atoms with E-state index in [0.29, 0.717) is 11.6 Å². The summed E-state index contributed by atoms with van der Waals surface area (Å²) in [4.78, 5) is 24.4. The number of fused-ring (bicyclic) bond motifs is 2. The Balaban J connectivity index is 1.69. The van der Waals surface area contributed by atoms with Crippen molar-refractivity contribution in [2.24, 2.45) is 0 Å². The number of anilines is 1. The summed E-state index contributed by atoms with van der Waals surface area (Å²) in [6, 6.07) is 16.7. The van der Waals surface area contributed by atoms with Crippen LogP contribution in [0.2, 0.25) is 5.02 Å². The van der Waals surface area contributed by atoms with Crippen molar-refractivity contribution in [1.82, 2.24) is 14.9 Å². The van der Waals surface area contributed by atoms with E-state index < -0.39 is 0 Å². The number of aromatic amines is 1. The largest absolute Gasteiger partial charge is 0.339 e. The van der Waals surface area contributed by atoms with Gasteiger partial charge in [0.1, 0.15) is 5.65 Å². The van der Waals surface area contributed by atoms with E-state index >= 15 is 0 Å². The number of rotatable bonds is 5. The van der Waals surface area contributed by atoms with Crippen LogP contribution in [0.3, 0.4) is 0 Å². The number of nitrogens with zero attached hydrogens (tertiary/aromatic N) is 3. The Kier molecular flexibility index (Phi) is 5.52. The number of nitrogens with one attached hydrogen (secondary N) is 1. The SMILES string of the molecule is C=CC(=O)N1CCc2ccc(-c3c(-c4ccc(CN(C)C)cc4)[nH]c4nccc(Cl)c34)cc21. The molecule has 1 amide bonds. The Hall–Kier alpha value is -3.41. The van der Waals surface area contributed by atoms with E-state index in [-0.39, 0.29) is 5.91 Å². The Labute approximate surface area is 198 Å². The van der Waals surface area contributed by atoms with E-state index in [1.807, 2.05) is 6.07 Å². The number of aromatic nitrogens is 2. The molecule has 0 bridgehead atoms. The highest BCUT2D eigenvalue weighted by Gasteiger charge is 2.25. The van der Waals surface area contributed by atoms with Crippen LogP contribution in [0.15, 0.2) is 67.4 Å². The van der Waals surface area contributed by atoms with Crippen LogP contribution in [-0.2, 0) is 17.8 Å². The van der Waals surface area contributed by atoms with Crippen LogP contribution in [0.25, 0.3) is 33.4 Å². The standard InChI is InChI=1S/C27H25ClN4O/c1-4-23(33)32-14-12-18-9-10-20(15-22(18)32)24-25-21(28)11-13-29-27(25)30-26(24)19-7-5-17(6-8-19)16-31(2)3/h4-11,13,15H,1,12,14,16H2,2-3H3,(H,29,30). The first kappa shape index (κ1) is 21.4. The lowest BCUT2D eigenvalue weighted by Gasteiger charge is -2.16. The van der Waals surface area contributed by atoms with Crippen LogP contribution in [0.5, 0.6) is 0 Å². The van der Waals surface area contributed by atoms with Crippen LogP contribution in [0, 0.1) is 0 Å². The molecule has 0 atom stereocenters. The molecule has 0 radical (unpaired) electrons. The van der Waals surface area contributed by atoms with Crippen LogP contribution in [0.4, 0.5) is 5.69 Å². The molecule has 166 valence electrons. The lowest BCUT2D eigenvalue weighted by Crippen LogP contribution is -2.26. The van der Waals surface area contributed by atoms with E-state index in [9.17, 15) is 4.79 Å². The van der Waals surface area contributed by atoms with Gasteiger partial charge in [-0.2, -0.15) is 0 Å². The van der Waals surface area contributed by atoms with Gasteiger partial charge in [-0.1, -0.05) is 54.6 Å². The quantitative estimate of drug-likeness (QED) is 0.392. The maximum atomic E-state index is 12.4. The molecule has 3 heterocycles. The second-order valence-electron chi connectivity index (χ2n) is 8.61. The van der Waals surface area contributed by atoms with E-state index in [0.717, 1.165) is 57.6 Å². The number of amides is 1. The fraction of sp³-hybridized carbons (Fsp3) is 0.185. The number of hydrogen-bond acceptors (Lipinski definition) is 3. The van der Waals surface area contributed by atoms with Crippen molar-refractivity contribution < 1.29 is 4.79 Å². The van der Waals surface area contributed by atoms with Crippen LogP contribution in [0.1, 0.15) is 11.1 Å². The molecule has 0 saturated heterocycles. The number of pyridine rings is 1. The molecule has 1 N–H and O–H groups in total. The maximum absolute atomic E-state index is 12.4. The summed E-state index contributed by atoms with van der Waals surface area (Å²) in [5.74, 6) is -0.0822. The molecule has 1 aliphatic heterocycles. The first-order chi connectivity index (χ1) is 16.0. The van der Waals surface area contributed by atoms with Crippen molar-refractivity contribution in [3.8, 4) is 22.4 Å². The molecule has 0 aliphatic carbocycles. The van der Waals surface area contributed by atoms with Gasteiger partial charge in [-0.25, -0.2) is 4.98 Å². The summed E-state index contributed by atoms with van der Waals surface area (Å²) < 4.78 is 0. The summed E-state index contributed by atoms with van der Waals surface area (Å²) in [5.41, 5.74) is 8.07. The lowest BCUT2D eigenvalue weighted by atomic mass is 9.96. The third-order valence-corrected chi connectivity index (χ3v) is 6.41. The molecule has 5 rings (SSSR count). The summed E-state index contributed by atoms with van der Waals surface area (Å²) in [6.07, 6.45) is 3.92. The summed E-state index contributed by atoms with van der Waals surface area (Å²) in [5, 5.41) is 1.52. The zero-order valence-corrected chi connectivity index (χ0v) is 19.5. The van der Waals surface area contributed by atoms with Gasteiger partial charge in [0.25, 0.3) is 0 Å². The second-order valence-corrected chi connectivity index (χ2v) is 9.02. The fourth-order valence-corrected chi connectivity index (χ4v) is 4.84. The van der Waals surface area contributed by atoms with Gasteiger partial charge in [-0.05, 0) is 61.0 Å². The zero-order chi connectivity index (χ0) is 23.1. The predicted molar refractivity (Wildman–Crippen MR) is 136 cm³/mol. The van der Waals surface area contributed by atoms with Crippen molar-refractivity contribution in [2.75, 3.05) is 25.5 Å². The molecule has 2 aromatic carbocycles. The number of carbonyl (C=O) groups is 1. The van der Waals surface area contributed by atoms with Crippen molar-refractivity contribution in [2.45, 2.75) is 13.0 Å². The maximum Gasteiger partial charge on any atom is 0.250 e. The highest BCUT2D eigenvalue weighted by Crippen LogP contribution is 2.43. The van der Waals surface area contributed by atoms with Crippen molar-refractivity contribution in [3.05, 3.63) is 83.5 Å². The normalized spacial score (nSPS) is 13.0. The highest BCUT2D eigenvalue weighted by atomic mass is 35.5. The molecule has 6 heteroatoms. The molecule has 0 saturated carbocycles. The molecular formula is C27H25ClN4O. The minimum atomic E-state index is -0.0822. The average Bonchev–Trinajstić information content (AvgIpc) is 3.41. The van der Waals surface area contributed by atoms with E-state index in [4.69, 9.17) is 11.6 Å². The number of benzene rings is 2. The van der Waals surface area contributed by atoms with Gasteiger partial charge < -0.3 is 14.8 Å². The minimum absolute atomic E-state index is 0.0822. The molecule has 33 heavy (non-hydrogen) atoms. The van der Waals surface area contributed by atoms with Crippen molar-refractivity contribution >= 4 is 34.2 Å². The first-order valence-electron chi connectivity index (χ1n) is 10.9. The number of halogens is 1. The van der Waals surface area contributed by atoms with Crippen molar-refractivity contribution in [3.63, 3.8) is 0 Å². The van der Waals surface area contributed by atoms with Gasteiger partial charge in [0.2, 0.25) is 5.91 Å². The zero-order valence-electron chi connectivity index (χ0n) is 18.7. The third-order valence-electron chi connectivity index (χ3n) is 6.10. The molecule has 0 spiro atoms. The van der Waals surface area contributed by atoms with E-state index in [1.165, 1.54) is 11.6 Å². The summed E-state index contributed by atoms with van der Waals surface area (Å²) in [6.45, 7) is 5.20. The topological polar surface area (TPSA) is 52.2 Å². The molecule has 4 aromatic rings. The fourth-order valence-electron chi connectivity index (χ4n) is 4.60. The van der Waals surface area contributed by atoms with Gasteiger partial charge in [0.05, 0.1) is 10.7 Å². The molecular weight excluding hydrogens is 432 g/mol. The number of hydrogen-bond donors (Lipinski definition) is 1. The van der Waals surface area contributed by atoms with E-state index in [1.54, 1.807) is 11.1 Å². The smallest absolute Gasteiger partial charge is 0.250 e. The van der Waals surface area contributed by atoms with Crippen molar-refractivity contribution in [1.29, 1.82) is 0 Å². The van der Waals surface area contributed by atoms with Gasteiger partial charge in [0.15, 0.2) is 0 Å². The highest BCUT2D eigenvalue weighted by molar-refractivity contribution is 6.36. The van der Waals surface area contributed by atoms with Gasteiger partial charge in [-0.15, -0.1) is 0 Å². The average molecular weight is 457 g/mol. The Morgan fingerprint density at radius 2 is 1.94 bits per heavy atom. The predicted octanol–water partition coefficient (Wildman–Crippen LogP) is 5.69. The van der Waals surface area contributed by atoms with E-state index in [2.05, 4.69) is 78.0 Å². The molecule has 0 fully saturated rings. The molecule has 2 aromatic heterocycles. The summed E-state index contributed by atoms with van der Waals surface area (Å²) in [7, 11) is 4.12. The first-order valence-corrected chi connectivity index (χ1v) is 11.3. The summed E-state index contributed by atoms with van der Waals surface area (Å²) >= 11 is 6.67. The lowest BCUT2D eigenvalue weighted by molar-refractivity contribution is -0.114. The Morgan fingerprint density at radius 1 is 1.18 bits per heavy atom. The Bertz CT molecular complexity index is 1370. The number of H-pyrrole nitrogens is 1. The van der Waals surface area contributed by atoms with Crippen LogP contribution in [-0.4, -0.2) is 41.4 Å². The van der Waals surface area contributed by atoms with Gasteiger partial charge in [-0.3, -0.25) is 4.79 Å². The van der Waals surface area contributed by atoms with Gasteiger partial charge in [0, 0.05) is 35.9 Å². The third kappa shape index (κ3) is 3.84. The molecule has 0 unspecified atom stereocenters. The minimum Gasteiger partial charge on any atom is -0.339 e. The van der Waals surface area contributed by atoms with Gasteiger partial charge >= 0.3 is 0 Å². The monoisotopic (exact) mass is 456 g/mol. The van der Waals surface area contributed by atoms with Crippen LogP contribution >= 0.6 is 11.6 Å².